The van der Waals surface area contributed by atoms with E-state index in [1.165, 1.54) is 30.4 Å². The summed E-state index contributed by atoms with van der Waals surface area (Å²) < 4.78 is 24.5. The molecular weight excluding hydrogens is 375 g/mol. The lowest BCUT2D eigenvalue weighted by Crippen LogP contribution is -2.23. The van der Waals surface area contributed by atoms with Crippen LogP contribution in [0.5, 0.6) is 5.75 Å². The molecule has 1 aliphatic heterocycles. The van der Waals surface area contributed by atoms with E-state index >= 15 is 0 Å². The number of ether oxygens (including phenoxy) is 2. The Morgan fingerprint density at radius 1 is 1.48 bits per heavy atom. The van der Waals surface area contributed by atoms with E-state index < -0.39 is 17.9 Å². The molecule has 1 aromatic heterocycles. The van der Waals surface area contributed by atoms with E-state index in [2.05, 4.69) is 10.3 Å². The molecule has 0 bridgehead atoms. The predicted molar refractivity (Wildman–Crippen MR) is 97.1 cm³/mol. The molecule has 2 aromatic rings. The van der Waals surface area contributed by atoms with Crippen molar-refractivity contribution in [3.05, 3.63) is 39.6 Å². The summed E-state index contributed by atoms with van der Waals surface area (Å²) in [6.45, 7) is 4.36. The third kappa shape index (κ3) is 4.42. The van der Waals surface area contributed by atoms with Gasteiger partial charge >= 0.3 is 5.97 Å². The zero-order valence-corrected chi connectivity index (χ0v) is 15.6. The number of anilines is 1. The Labute approximate surface area is 159 Å². The molecule has 2 unspecified atom stereocenters. The first-order valence-electron chi connectivity index (χ1n) is 8.40. The second-order valence-corrected chi connectivity index (χ2v) is 7.26. The van der Waals surface area contributed by atoms with Crippen LogP contribution in [0.2, 0.25) is 0 Å². The lowest BCUT2D eigenvalue weighted by atomic mass is 10.1. The Balaban J connectivity index is 1.71. The number of hydrogen-bond acceptors (Lipinski definition) is 6. The molecule has 2 N–H and O–H groups in total. The Morgan fingerprint density at radius 3 is 2.89 bits per heavy atom. The summed E-state index contributed by atoms with van der Waals surface area (Å²) in [6.07, 6.45) is -0.298. The summed E-state index contributed by atoms with van der Waals surface area (Å²) in [5.41, 5.74) is 0.862. The zero-order chi connectivity index (χ0) is 19.6. The fourth-order valence-corrected chi connectivity index (χ4v) is 3.72. The quantitative estimate of drug-likeness (QED) is 0.781. The number of carbonyl (C=O) groups is 2. The minimum absolute atomic E-state index is 0.194. The predicted octanol–water partition coefficient (Wildman–Crippen LogP) is 3.20. The molecule has 0 aliphatic carbocycles. The van der Waals surface area contributed by atoms with E-state index in [0.29, 0.717) is 23.8 Å². The normalized spacial score (nSPS) is 17.5. The SMILES string of the molecule is Cc1nc(C2CCOC2)sc1C(=O)Nc1ccc(OC(C)C(=O)O)c(F)c1. The number of carbonyl (C=O) groups excluding carboxylic acids is 1. The molecule has 0 saturated carbocycles. The number of nitrogens with zero attached hydrogens (tertiary/aromatic N) is 1. The highest BCUT2D eigenvalue weighted by Crippen LogP contribution is 2.31. The van der Waals surface area contributed by atoms with Gasteiger partial charge in [0.25, 0.3) is 5.91 Å². The lowest BCUT2D eigenvalue weighted by Gasteiger charge is -2.12. The number of halogens is 1. The Kier molecular flexibility index (Phi) is 5.71. The molecule has 3 rings (SSSR count). The highest BCUT2D eigenvalue weighted by Gasteiger charge is 2.24. The van der Waals surface area contributed by atoms with Gasteiger partial charge in [0.15, 0.2) is 17.7 Å². The highest BCUT2D eigenvalue weighted by atomic mass is 32.1. The number of carboxylic acid groups (broad SMARTS) is 1. The summed E-state index contributed by atoms with van der Waals surface area (Å²) in [5.74, 6) is -2.32. The second-order valence-electron chi connectivity index (χ2n) is 6.22. The Hall–Kier alpha value is -2.52. The summed E-state index contributed by atoms with van der Waals surface area (Å²) in [7, 11) is 0. The maximum atomic E-state index is 14.1. The molecule has 1 aliphatic rings. The van der Waals surface area contributed by atoms with Crippen LogP contribution in [0.3, 0.4) is 0 Å². The molecule has 2 atom stereocenters. The Morgan fingerprint density at radius 2 is 2.26 bits per heavy atom. The van der Waals surface area contributed by atoms with E-state index in [-0.39, 0.29) is 23.3 Å². The number of carboxylic acids is 1. The first-order valence-corrected chi connectivity index (χ1v) is 9.22. The van der Waals surface area contributed by atoms with Crippen molar-refractivity contribution in [1.82, 2.24) is 4.98 Å². The molecule has 1 fully saturated rings. The van der Waals surface area contributed by atoms with Crippen LogP contribution in [-0.4, -0.2) is 41.3 Å². The zero-order valence-electron chi connectivity index (χ0n) is 14.8. The van der Waals surface area contributed by atoms with Crippen LogP contribution in [0.4, 0.5) is 10.1 Å². The number of hydrogen-bond donors (Lipinski definition) is 2. The third-order valence-corrected chi connectivity index (χ3v) is 5.46. The van der Waals surface area contributed by atoms with E-state index in [1.807, 2.05) is 0 Å². The topological polar surface area (TPSA) is 97.8 Å². The number of rotatable bonds is 6. The van der Waals surface area contributed by atoms with Crippen LogP contribution >= 0.6 is 11.3 Å². The molecule has 27 heavy (non-hydrogen) atoms. The van der Waals surface area contributed by atoms with Gasteiger partial charge in [-0.2, -0.15) is 0 Å². The molecular formula is C18H19FN2O5S. The van der Waals surface area contributed by atoms with Crippen LogP contribution in [0, 0.1) is 12.7 Å². The molecule has 0 spiro atoms. The number of aryl methyl sites for hydroxylation is 1. The number of benzene rings is 1. The fourth-order valence-electron chi connectivity index (χ4n) is 2.63. The fraction of sp³-hybridized carbons (Fsp3) is 0.389. The van der Waals surface area contributed by atoms with Crippen molar-refractivity contribution < 1.29 is 28.6 Å². The van der Waals surface area contributed by atoms with Gasteiger partial charge in [-0.15, -0.1) is 11.3 Å². The largest absolute Gasteiger partial charge is 0.479 e. The average Bonchev–Trinajstić information content (AvgIpc) is 3.26. The average molecular weight is 394 g/mol. The van der Waals surface area contributed by atoms with Gasteiger partial charge in [-0.1, -0.05) is 0 Å². The molecule has 7 nitrogen and oxygen atoms in total. The van der Waals surface area contributed by atoms with Gasteiger partial charge in [0, 0.05) is 24.3 Å². The molecule has 1 saturated heterocycles. The van der Waals surface area contributed by atoms with Crippen molar-refractivity contribution >= 4 is 28.9 Å². The van der Waals surface area contributed by atoms with Crippen LogP contribution in [0.1, 0.15) is 39.6 Å². The minimum Gasteiger partial charge on any atom is -0.479 e. The van der Waals surface area contributed by atoms with Gasteiger partial charge in [-0.05, 0) is 32.4 Å². The van der Waals surface area contributed by atoms with Crippen molar-refractivity contribution in [2.75, 3.05) is 18.5 Å². The second kappa shape index (κ2) is 8.01. The third-order valence-electron chi connectivity index (χ3n) is 4.14. The molecule has 9 heteroatoms. The monoisotopic (exact) mass is 394 g/mol. The van der Waals surface area contributed by atoms with Crippen molar-refractivity contribution in [2.45, 2.75) is 32.3 Å². The van der Waals surface area contributed by atoms with Gasteiger partial charge in [0.2, 0.25) is 0 Å². The number of aromatic nitrogens is 1. The smallest absolute Gasteiger partial charge is 0.344 e. The van der Waals surface area contributed by atoms with Crippen LogP contribution in [0.25, 0.3) is 0 Å². The summed E-state index contributed by atoms with van der Waals surface area (Å²) >= 11 is 1.32. The summed E-state index contributed by atoms with van der Waals surface area (Å²) in [4.78, 5) is 28.3. The molecule has 144 valence electrons. The first-order chi connectivity index (χ1) is 12.8. The van der Waals surface area contributed by atoms with Gasteiger partial charge in [-0.25, -0.2) is 14.2 Å². The maximum Gasteiger partial charge on any atom is 0.344 e. The standard InChI is InChI=1S/C18H19FN2O5S/c1-9-15(27-17(20-9)11-5-6-25-8-11)16(22)21-12-3-4-14(13(19)7-12)26-10(2)18(23)24/h3-4,7,10-11H,5-6,8H2,1-2H3,(H,21,22)(H,23,24). The van der Waals surface area contributed by atoms with Gasteiger partial charge < -0.3 is 19.9 Å². The number of thiazole rings is 1. The maximum absolute atomic E-state index is 14.1. The molecule has 2 heterocycles. The van der Waals surface area contributed by atoms with Crippen molar-refractivity contribution in [1.29, 1.82) is 0 Å². The van der Waals surface area contributed by atoms with Gasteiger partial charge in [0.05, 0.1) is 17.3 Å². The molecule has 1 aromatic carbocycles. The number of amides is 1. The van der Waals surface area contributed by atoms with Gasteiger partial charge in [0.1, 0.15) is 4.88 Å². The van der Waals surface area contributed by atoms with E-state index in [9.17, 15) is 14.0 Å². The molecule has 0 radical (unpaired) electrons. The number of aliphatic carboxylic acids is 1. The first kappa shape index (κ1) is 19.2. The van der Waals surface area contributed by atoms with Crippen molar-refractivity contribution in [3.63, 3.8) is 0 Å². The number of nitrogens with one attached hydrogen (secondary N) is 1. The van der Waals surface area contributed by atoms with Crippen LogP contribution in [0.15, 0.2) is 18.2 Å². The molecule has 1 amide bonds. The lowest BCUT2D eigenvalue weighted by molar-refractivity contribution is -0.144. The van der Waals surface area contributed by atoms with E-state index in [4.69, 9.17) is 14.6 Å². The van der Waals surface area contributed by atoms with Gasteiger partial charge in [-0.3, -0.25) is 4.79 Å². The Bertz CT molecular complexity index is 863. The van der Waals surface area contributed by atoms with Crippen LogP contribution in [-0.2, 0) is 9.53 Å². The summed E-state index contributed by atoms with van der Waals surface area (Å²) in [6, 6.07) is 3.82. The van der Waals surface area contributed by atoms with Crippen molar-refractivity contribution in [2.24, 2.45) is 0 Å². The minimum atomic E-state index is -1.20. The van der Waals surface area contributed by atoms with Crippen molar-refractivity contribution in [3.8, 4) is 5.75 Å². The van der Waals surface area contributed by atoms with E-state index in [1.54, 1.807) is 6.92 Å². The summed E-state index contributed by atoms with van der Waals surface area (Å²) in [5, 5.41) is 12.3. The van der Waals surface area contributed by atoms with Crippen LogP contribution < -0.4 is 10.1 Å². The highest BCUT2D eigenvalue weighted by molar-refractivity contribution is 7.14. The van der Waals surface area contributed by atoms with E-state index in [0.717, 1.165) is 17.5 Å².